The zero-order chi connectivity index (χ0) is 16.8. The molecule has 0 unspecified atom stereocenters. The monoisotopic (exact) mass is 331 g/mol. The highest BCUT2D eigenvalue weighted by atomic mass is 32.2. The van der Waals surface area contributed by atoms with Gasteiger partial charge in [-0.2, -0.15) is 0 Å². The molecule has 1 rings (SSSR count). The third-order valence-electron chi connectivity index (χ3n) is 3.07. The van der Waals surface area contributed by atoms with E-state index >= 15 is 0 Å². The van der Waals surface area contributed by atoms with Crippen molar-refractivity contribution in [2.45, 2.75) is 32.2 Å². The summed E-state index contributed by atoms with van der Waals surface area (Å²) in [5.41, 5.74) is 0.542. The molecule has 1 atom stereocenters. The minimum absolute atomic E-state index is 0.0443. The quantitative estimate of drug-likeness (QED) is 0.625. The Morgan fingerprint density at radius 1 is 1.41 bits per heavy atom. The van der Waals surface area contributed by atoms with Crippen LogP contribution in [0.4, 0.5) is 0 Å². The highest BCUT2D eigenvalue weighted by Gasteiger charge is 2.24. The summed E-state index contributed by atoms with van der Waals surface area (Å²) >= 11 is 0. The van der Waals surface area contributed by atoms with Crippen molar-refractivity contribution in [1.29, 1.82) is 0 Å². The molecule has 0 heterocycles. The van der Waals surface area contributed by atoms with E-state index in [1.54, 1.807) is 0 Å². The maximum Gasteiger partial charge on any atom is 0.322 e. The molecule has 0 aliphatic carbocycles. The van der Waals surface area contributed by atoms with Gasteiger partial charge >= 0.3 is 5.97 Å². The number of phenols is 1. The molecule has 22 heavy (non-hydrogen) atoms. The Morgan fingerprint density at radius 3 is 2.64 bits per heavy atom. The summed E-state index contributed by atoms with van der Waals surface area (Å²) in [6, 6.07) is 3.11. The molecule has 0 aliphatic rings. The first-order valence-electron chi connectivity index (χ1n) is 6.87. The SMILES string of the molecule is CCCCS(=O)(=O)N[C@@H](Cc1ccc(O)c(OC)c1)C(=O)O. The van der Waals surface area contributed by atoms with Gasteiger partial charge in [-0.25, -0.2) is 13.1 Å². The van der Waals surface area contributed by atoms with Gasteiger partial charge in [0.05, 0.1) is 12.9 Å². The van der Waals surface area contributed by atoms with Crippen molar-refractivity contribution in [2.24, 2.45) is 0 Å². The van der Waals surface area contributed by atoms with Crippen LogP contribution in [0.15, 0.2) is 18.2 Å². The first-order valence-corrected chi connectivity index (χ1v) is 8.53. The van der Waals surface area contributed by atoms with Crippen LogP contribution in [0.5, 0.6) is 11.5 Å². The second kappa shape index (κ2) is 8.00. The van der Waals surface area contributed by atoms with Gasteiger partial charge < -0.3 is 14.9 Å². The molecule has 0 saturated carbocycles. The minimum Gasteiger partial charge on any atom is -0.504 e. The molecule has 0 spiro atoms. The molecule has 1 aromatic carbocycles. The van der Waals surface area contributed by atoms with E-state index in [4.69, 9.17) is 4.74 Å². The number of methoxy groups -OCH3 is 1. The van der Waals surface area contributed by atoms with Crippen LogP contribution >= 0.6 is 0 Å². The Kier molecular flexibility index (Phi) is 6.63. The van der Waals surface area contributed by atoms with Crippen LogP contribution in [0.3, 0.4) is 0 Å². The van der Waals surface area contributed by atoms with Crippen LogP contribution in [0, 0.1) is 0 Å². The average molecular weight is 331 g/mol. The van der Waals surface area contributed by atoms with Crippen LogP contribution in [0.1, 0.15) is 25.3 Å². The number of nitrogens with one attached hydrogen (secondary N) is 1. The zero-order valence-corrected chi connectivity index (χ0v) is 13.4. The van der Waals surface area contributed by atoms with E-state index in [-0.39, 0.29) is 23.7 Å². The van der Waals surface area contributed by atoms with E-state index in [1.165, 1.54) is 25.3 Å². The third kappa shape index (κ3) is 5.53. The number of ether oxygens (including phenoxy) is 1. The second-order valence-corrected chi connectivity index (χ2v) is 6.76. The molecule has 7 nitrogen and oxygen atoms in total. The van der Waals surface area contributed by atoms with E-state index in [0.717, 1.165) is 0 Å². The Morgan fingerprint density at radius 2 is 2.09 bits per heavy atom. The lowest BCUT2D eigenvalue weighted by atomic mass is 10.1. The normalized spacial score (nSPS) is 12.8. The summed E-state index contributed by atoms with van der Waals surface area (Å²) in [4.78, 5) is 11.3. The predicted molar refractivity (Wildman–Crippen MR) is 81.6 cm³/mol. The number of benzene rings is 1. The first-order chi connectivity index (χ1) is 10.3. The lowest BCUT2D eigenvalue weighted by molar-refractivity contribution is -0.138. The predicted octanol–water partition coefficient (Wildman–Crippen LogP) is 1.12. The van der Waals surface area contributed by atoms with E-state index < -0.39 is 22.0 Å². The number of sulfonamides is 1. The van der Waals surface area contributed by atoms with Gasteiger partial charge in [0.1, 0.15) is 6.04 Å². The van der Waals surface area contributed by atoms with E-state index in [0.29, 0.717) is 18.4 Å². The number of carboxylic acids is 1. The lowest BCUT2D eigenvalue weighted by Crippen LogP contribution is -2.43. The number of phenolic OH excluding ortho intramolecular Hbond substituents is 1. The van der Waals surface area contributed by atoms with Crippen LogP contribution < -0.4 is 9.46 Å². The topological polar surface area (TPSA) is 113 Å². The molecule has 3 N–H and O–H groups in total. The van der Waals surface area contributed by atoms with Gasteiger partial charge in [0, 0.05) is 0 Å². The highest BCUT2D eigenvalue weighted by Crippen LogP contribution is 2.26. The molecule has 8 heteroatoms. The number of rotatable bonds is 9. The van der Waals surface area contributed by atoms with E-state index in [2.05, 4.69) is 4.72 Å². The smallest absolute Gasteiger partial charge is 0.322 e. The average Bonchev–Trinajstić information content (AvgIpc) is 2.46. The maximum absolute atomic E-state index is 11.8. The Labute approximate surface area is 130 Å². The number of aromatic hydroxyl groups is 1. The van der Waals surface area contributed by atoms with Crippen molar-refractivity contribution >= 4 is 16.0 Å². The third-order valence-corrected chi connectivity index (χ3v) is 4.54. The van der Waals surface area contributed by atoms with E-state index in [1.807, 2.05) is 6.92 Å². The number of carbonyl (C=O) groups is 1. The summed E-state index contributed by atoms with van der Waals surface area (Å²) in [5.74, 6) is -1.23. The molecule has 0 bridgehead atoms. The fourth-order valence-corrected chi connectivity index (χ4v) is 3.28. The van der Waals surface area contributed by atoms with Crippen molar-refractivity contribution in [3.63, 3.8) is 0 Å². The lowest BCUT2D eigenvalue weighted by Gasteiger charge is -2.15. The molecule has 124 valence electrons. The largest absolute Gasteiger partial charge is 0.504 e. The fraction of sp³-hybridized carbons (Fsp3) is 0.500. The number of hydrogen-bond acceptors (Lipinski definition) is 5. The minimum atomic E-state index is -3.64. The van der Waals surface area contributed by atoms with Crippen molar-refractivity contribution in [3.8, 4) is 11.5 Å². The van der Waals surface area contributed by atoms with Gasteiger partial charge in [-0.15, -0.1) is 0 Å². The highest BCUT2D eigenvalue weighted by molar-refractivity contribution is 7.89. The molecular formula is C14H21NO6S. The summed E-state index contributed by atoms with van der Waals surface area (Å²) in [6.45, 7) is 1.85. The summed E-state index contributed by atoms with van der Waals surface area (Å²) in [6.07, 6.45) is 1.12. The molecular weight excluding hydrogens is 310 g/mol. The van der Waals surface area contributed by atoms with Gasteiger partial charge in [-0.3, -0.25) is 4.79 Å². The van der Waals surface area contributed by atoms with Gasteiger partial charge in [-0.05, 0) is 30.5 Å². The molecule has 0 aromatic heterocycles. The van der Waals surface area contributed by atoms with Crippen molar-refractivity contribution < 1.29 is 28.2 Å². The van der Waals surface area contributed by atoms with Crippen LogP contribution in [-0.4, -0.2) is 43.5 Å². The summed E-state index contributed by atoms with van der Waals surface area (Å²) < 4.78 is 30.8. The maximum atomic E-state index is 11.8. The van der Waals surface area contributed by atoms with Gasteiger partial charge in [0.25, 0.3) is 0 Å². The Balaban J connectivity index is 2.87. The molecule has 0 radical (unpaired) electrons. The van der Waals surface area contributed by atoms with E-state index in [9.17, 15) is 23.4 Å². The zero-order valence-electron chi connectivity index (χ0n) is 12.6. The first kappa shape index (κ1) is 18.2. The van der Waals surface area contributed by atoms with Crippen LogP contribution in [-0.2, 0) is 21.2 Å². The molecule has 0 fully saturated rings. The Bertz CT molecular complexity index is 614. The van der Waals surface area contributed by atoms with Gasteiger partial charge in [0.2, 0.25) is 10.0 Å². The fourth-order valence-electron chi connectivity index (χ4n) is 1.87. The van der Waals surface area contributed by atoms with Crippen molar-refractivity contribution in [3.05, 3.63) is 23.8 Å². The molecule has 0 saturated heterocycles. The number of unbranched alkanes of at least 4 members (excludes halogenated alkanes) is 1. The van der Waals surface area contributed by atoms with Crippen molar-refractivity contribution in [1.82, 2.24) is 4.72 Å². The number of carboxylic acid groups (broad SMARTS) is 1. The van der Waals surface area contributed by atoms with Crippen LogP contribution in [0.25, 0.3) is 0 Å². The molecule has 0 aliphatic heterocycles. The Hall–Kier alpha value is -1.80. The van der Waals surface area contributed by atoms with Gasteiger partial charge in [-0.1, -0.05) is 19.4 Å². The number of aliphatic carboxylic acids is 1. The molecule has 0 amide bonds. The van der Waals surface area contributed by atoms with Gasteiger partial charge in [0.15, 0.2) is 11.5 Å². The second-order valence-electron chi connectivity index (χ2n) is 4.89. The summed E-state index contributed by atoms with van der Waals surface area (Å²) in [5, 5.41) is 18.7. The molecule has 1 aromatic rings. The standard InChI is InChI=1S/C14H21NO6S/c1-3-4-7-22(19,20)15-11(14(17)18)8-10-5-6-12(16)13(9-10)21-2/h5-6,9,11,15-16H,3-4,7-8H2,1-2H3,(H,17,18)/t11-/m0/s1. The summed E-state index contributed by atoms with van der Waals surface area (Å²) in [7, 11) is -2.27. The van der Waals surface area contributed by atoms with Crippen LogP contribution in [0.2, 0.25) is 0 Å². The number of hydrogen-bond donors (Lipinski definition) is 3. The van der Waals surface area contributed by atoms with Crippen molar-refractivity contribution in [2.75, 3.05) is 12.9 Å².